The molecule has 2 aliphatic heterocycles. The molecule has 3 fully saturated rings. The van der Waals surface area contributed by atoms with Crippen molar-refractivity contribution in [1.29, 1.82) is 0 Å². The van der Waals surface area contributed by atoms with Gasteiger partial charge in [-0.2, -0.15) is 0 Å². The van der Waals surface area contributed by atoms with Crippen molar-refractivity contribution in [2.75, 3.05) is 26.7 Å². The highest BCUT2D eigenvalue weighted by Crippen LogP contribution is 2.50. The lowest BCUT2D eigenvalue weighted by molar-refractivity contribution is -0.143. The lowest BCUT2D eigenvalue weighted by Crippen LogP contribution is -2.55. The van der Waals surface area contributed by atoms with Crippen LogP contribution in [0.1, 0.15) is 80.4 Å². The summed E-state index contributed by atoms with van der Waals surface area (Å²) in [6.45, 7) is 2.50. The number of amides is 1. The second-order valence-corrected chi connectivity index (χ2v) is 12.3. The predicted octanol–water partition coefficient (Wildman–Crippen LogP) is 6.50. The fourth-order valence-electron chi connectivity index (χ4n) is 8.34. The summed E-state index contributed by atoms with van der Waals surface area (Å²) in [5, 5.41) is 4.33. The Morgan fingerprint density at radius 3 is 2.65 bits per heavy atom. The Hall–Kier alpha value is -2.04. The fraction of sp³-hybridized carbons (Fsp3) is 0.594. The van der Waals surface area contributed by atoms with Crippen LogP contribution in [-0.2, 0) is 16.6 Å². The van der Waals surface area contributed by atoms with Crippen molar-refractivity contribution in [3.8, 4) is 5.75 Å². The first-order chi connectivity index (χ1) is 18.1. The van der Waals surface area contributed by atoms with Gasteiger partial charge in [0.2, 0.25) is 5.91 Å². The minimum atomic E-state index is -0.171. The molecule has 2 unspecified atom stereocenters. The zero-order chi connectivity index (χ0) is 25.4. The third-order valence-corrected chi connectivity index (χ3v) is 10.4. The molecule has 4 atom stereocenters. The van der Waals surface area contributed by atoms with Crippen molar-refractivity contribution < 1.29 is 9.53 Å². The maximum atomic E-state index is 14.6. The van der Waals surface area contributed by atoms with Crippen molar-refractivity contribution >= 4 is 17.5 Å². The van der Waals surface area contributed by atoms with Crippen LogP contribution in [0.15, 0.2) is 42.5 Å². The number of piperidine rings is 1. The van der Waals surface area contributed by atoms with E-state index >= 15 is 0 Å². The number of hydrogen-bond donors (Lipinski definition) is 1. The number of nitrogens with one attached hydrogen (secondary N) is 1. The lowest BCUT2D eigenvalue weighted by atomic mass is 9.63. The molecule has 4 nitrogen and oxygen atoms in total. The molecule has 1 spiro atoms. The quantitative estimate of drug-likeness (QED) is 0.500. The number of carbonyl (C=O) groups excluding carboxylic acids is 1. The maximum absolute atomic E-state index is 14.6. The molecule has 2 aliphatic carbocycles. The molecule has 198 valence electrons. The predicted molar refractivity (Wildman–Crippen MR) is 149 cm³/mol. The van der Waals surface area contributed by atoms with Gasteiger partial charge in [0.25, 0.3) is 0 Å². The van der Waals surface area contributed by atoms with Crippen LogP contribution in [0.2, 0.25) is 5.02 Å². The average molecular weight is 521 g/mol. The van der Waals surface area contributed by atoms with Crippen molar-refractivity contribution in [2.24, 2.45) is 11.8 Å². The van der Waals surface area contributed by atoms with Crippen LogP contribution in [0.5, 0.6) is 5.75 Å². The number of nitrogens with zero attached hydrogens (tertiary/aromatic N) is 1. The van der Waals surface area contributed by atoms with Crippen LogP contribution in [0.3, 0.4) is 0 Å². The second kappa shape index (κ2) is 10.6. The molecular weight excluding hydrogens is 480 g/mol. The average Bonchev–Trinajstić information content (AvgIpc) is 3.37. The molecule has 2 aromatic rings. The van der Waals surface area contributed by atoms with Gasteiger partial charge in [0.05, 0.1) is 18.1 Å². The van der Waals surface area contributed by atoms with Gasteiger partial charge in [-0.25, -0.2) is 0 Å². The number of fused-ring (bicyclic) bond motifs is 2. The van der Waals surface area contributed by atoms with E-state index in [0.29, 0.717) is 28.8 Å². The largest absolute Gasteiger partial charge is 0.495 e. The van der Waals surface area contributed by atoms with Crippen LogP contribution in [-0.4, -0.2) is 43.6 Å². The Balaban J connectivity index is 1.32. The van der Waals surface area contributed by atoms with E-state index < -0.39 is 0 Å². The number of benzene rings is 2. The molecule has 5 heteroatoms. The number of rotatable bonds is 4. The molecule has 0 aromatic heterocycles. The Labute approximate surface area is 227 Å². The summed E-state index contributed by atoms with van der Waals surface area (Å²) in [5.41, 5.74) is 3.78. The Bertz CT molecular complexity index is 1120. The van der Waals surface area contributed by atoms with Crippen molar-refractivity contribution in [3.63, 3.8) is 0 Å². The maximum Gasteiger partial charge on any atom is 0.228 e. The van der Waals surface area contributed by atoms with E-state index in [4.69, 9.17) is 16.3 Å². The topological polar surface area (TPSA) is 41.6 Å². The van der Waals surface area contributed by atoms with Crippen LogP contribution in [0.25, 0.3) is 0 Å². The van der Waals surface area contributed by atoms with E-state index in [-0.39, 0.29) is 11.3 Å². The van der Waals surface area contributed by atoms with Gasteiger partial charge < -0.3 is 15.0 Å². The minimum Gasteiger partial charge on any atom is -0.495 e. The first-order valence-electron chi connectivity index (χ1n) is 14.5. The highest BCUT2D eigenvalue weighted by molar-refractivity contribution is 6.32. The van der Waals surface area contributed by atoms with E-state index in [1.54, 1.807) is 7.11 Å². The number of likely N-dealkylation sites (tertiary alicyclic amines) is 1. The molecule has 4 aliphatic rings. The molecule has 1 amide bonds. The minimum absolute atomic E-state index is 0.0307. The monoisotopic (exact) mass is 520 g/mol. The second-order valence-electron chi connectivity index (χ2n) is 11.9. The van der Waals surface area contributed by atoms with Crippen LogP contribution >= 0.6 is 11.6 Å². The van der Waals surface area contributed by atoms with Gasteiger partial charge in [-0.3, -0.25) is 4.79 Å². The Morgan fingerprint density at radius 1 is 1.05 bits per heavy atom. The van der Waals surface area contributed by atoms with Gasteiger partial charge in [0, 0.05) is 31.1 Å². The van der Waals surface area contributed by atoms with Gasteiger partial charge in [-0.15, -0.1) is 0 Å². The molecule has 2 aromatic carbocycles. The highest BCUT2D eigenvalue weighted by Gasteiger charge is 2.53. The highest BCUT2D eigenvalue weighted by atomic mass is 35.5. The first kappa shape index (κ1) is 25.2. The molecule has 0 bridgehead atoms. The zero-order valence-electron chi connectivity index (χ0n) is 22.2. The zero-order valence-corrected chi connectivity index (χ0v) is 22.9. The molecule has 37 heavy (non-hydrogen) atoms. The number of hydrogen-bond acceptors (Lipinski definition) is 3. The summed E-state index contributed by atoms with van der Waals surface area (Å²) in [5.74, 6) is 2.34. The van der Waals surface area contributed by atoms with E-state index in [1.165, 1.54) is 48.8 Å². The lowest BCUT2D eigenvalue weighted by Gasteiger charge is -2.48. The molecule has 6 rings (SSSR count). The van der Waals surface area contributed by atoms with Crippen LogP contribution in [0.4, 0.5) is 0 Å². The summed E-state index contributed by atoms with van der Waals surface area (Å²) in [6.07, 6.45) is 11.7. The normalized spacial score (nSPS) is 30.3. The molecule has 0 radical (unpaired) electrons. The van der Waals surface area contributed by atoms with Gasteiger partial charge >= 0.3 is 0 Å². The first-order valence-corrected chi connectivity index (χ1v) is 14.9. The van der Waals surface area contributed by atoms with Crippen molar-refractivity contribution in [1.82, 2.24) is 10.2 Å². The smallest absolute Gasteiger partial charge is 0.228 e. The third kappa shape index (κ3) is 4.48. The van der Waals surface area contributed by atoms with E-state index in [1.807, 2.05) is 6.07 Å². The van der Waals surface area contributed by atoms with Gasteiger partial charge in [0.1, 0.15) is 5.75 Å². The van der Waals surface area contributed by atoms with Crippen molar-refractivity contribution in [2.45, 2.75) is 81.6 Å². The number of methoxy groups -OCH3 is 1. The number of halogens is 1. The molecule has 1 saturated carbocycles. The van der Waals surface area contributed by atoms with E-state index in [0.717, 1.165) is 57.5 Å². The van der Waals surface area contributed by atoms with Crippen LogP contribution < -0.4 is 10.1 Å². The third-order valence-electron chi connectivity index (χ3n) is 10.1. The number of carbonyl (C=O) groups is 1. The van der Waals surface area contributed by atoms with E-state index in [2.05, 4.69) is 46.6 Å². The van der Waals surface area contributed by atoms with Crippen LogP contribution in [0, 0.1) is 11.8 Å². The molecular formula is C32H41ClN2O2. The molecule has 2 heterocycles. The van der Waals surface area contributed by atoms with Gasteiger partial charge in [-0.1, -0.05) is 67.3 Å². The summed E-state index contributed by atoms with van der Waals surface area (Å²) < 4.78 is 5.76. The molecule has 1 N–H and O–H groups in total. The fourth-order valence-corrected chi connectivity index (χ4v) is 8.60. The SMILES string of the molecule is COc1c(Cl)ccc2c1CCCC21CNCC1C(=O)N1CC[C@@H](c2ccccc2)C[C@H]1C1CCCCC1. The Morgan fingerprint density at radius 2 is 1.86 bits per heavy atom. The standard InChI is InChI=1S/C32H41ClN2O2/c1-37-30-25-13-8-17-32(26(25)14-15-28(30)33)21-34-20-27(32)31(36)35-18-16-24(22-9-4-2-5-10-22)19-29(35)23-11-6-3-7-12-23/h2,4-5,9-10,14-15,23-24,27,29,34H,3,6-8,11-13,16-21H2,1H3/t24-,27?,29+,32?/m1/s1. The Kier molecular flexibility index (Phi) is 7.24. The van der Waals surface area contributed by atoms with E-state index in [9.17, 15) is 4.79 Å². The number of ether oxygens (including phenoxy) is 1. The summed E-state index contributed by atoms with van der Waals surface area (Å²) in [6, 6.07) is 15.5. The summed E-state index contributed by atoms with van der Waals surface area (Å²) in [4.78, 5) is 17.0. The summed E-state index contributed by atoms with van der Waals surface area (Å²) in [7, 11) is 1.71. The summed E-state index contributed by atoms with van der Waals surface area (Å²) >= 11 is 6.53. The van der Waals surface area contributed by atoms with Gasteiger partial charge in [0.15, 0.2) is 0 Å². The van der Waals surface area contributed by atoms with Gasteiger partial charge in [-0.05, 0) is 79.5 Å². The molecule has 2 saturated heterocycles. The van der Waals surface area contributed by atoms with Crippen molar-refractivity contribution in [3.05, 3.63) is 64.2 Å².